The summed E-state index contributed by atoms with van der Waals surface area (Å²) < 4.78 is 25.2. The van der Waals surface area contributed by atoms with Gasteiger partial charge in [0.2, 0.25) is 10.0 Å². The second-order valence-electron chi connectivity index (χ2n) is 5.79. The summed E-state index contributed by atoms with van der Waals surface area (Å²) in [6.07, 6.45) is 1.08. The zero-order valence-electron chi connectivity index (χ0n) is 14.6. The molecule has 2 aromatic carbocycles. The van der Waals surface area contributed by atoms with Gasteiger partial charge in [-0.3, -0.25) is 9.52 Å². The maximum Gasteiger partial charge on any atom is 0.251 e. The van der Waals surface area contributed by atoms with Gasteiger partial charge in [0.25, 0.3) is 5.91 Å². The fraction of sp³-hybridized carbons (Fsp3) is 0.278. The van der Waals surface area contributed by atoms with E-state index in [2.05, 4.69) is 10.0 Å². The van der Waals surface area contributed by atoms with Crippen molar-refractivity contribution in [2.45, 2.75) is 12.7 Å². The Balaban J connectivity index is 1.85. The first-order valence-corrected chi connectivity index (χ1v) is 11.4. The van der Waals surface area contributed by atoms with Crippen molar-refractivity contribution in [2.75, 3.05) is 23.3 Å². The lowest BCUT2D eigenvalue weighted by Crippen LogP contribution is -2.26. The maximum absolute atomic E-state index is 12.3. The van der Waals surface area contributed by atoms with Gasteiger partial charge in [0.15, 0.2) is 0 Å². The molecule has 0 heterocycles. The molecular formula is C18H21ClN2O3S2. The highest BCUT2D eigenvalue weighted by atomic mass is 35.5. The van der Waals surface area contributed by atoms with Crippen molar-refractivity contribution in [1.29, 1.82) is 0 Å². The summed E-state index contributed by atoms with van der Waals surface area (Å²) in [6, 6.07) is 12.7. The summed E-state index contributed by atoms with van der Waals surface area (Å²) in [6.45, 7) is 2.24. The number of benzene rings is 2. The Labute approximate surface area is 163 Å². The fourth-order valence-corrected chi connectivity index (χ4v) is 3.98. The Kier molecular flexibility index (Phi) is 7.37. The largest absolute Gasteiger partial charge is 0.351 e. The first-order valence-electron chi connectivity index (χ1n) is 7.94. The van der Waals surface area contributed by atoms with E-state index in [9.17, 15) is 13.2 Å². The average molecular weight is 413 g/mol. The van der Waals surface area contributed by atoms with Crippen LogP contribution in [0.25, 0.3) is 0 Å². The molecule has 0 unspecified atom stereocenters. The van der Waals surface area contributed by atoms with Crippen LogP contribution in [-0.2, 0) is 15.8 Å². The van der Waals surface area contributed by atoms with Gasteiger partial charge in [-0.05, 0) is 42.3 Å². The van der Waals surface area contributed by atoms with Gasteiger partial charge in [0.1, 0.15) is 0 Å². The molecule has 2 aromatic rings. The van der Waals surface area contributed by atoms with Gasteiger partial charge in [-0.15, -0.1) is 0 Å². The van der Waals surface area contributed by atoms with Crippen molar-refractivity contribution < 1.29 is 13.2 Å². The van der Waals surface area contributed by atoms with Crippen LogP contribution in [0.15, 0.2) is 42.5 Å². The number of thioether (sulfide) groups is 1. The molecule has 2 rings (SSSR count). The Morgan fingerprint density at radius 1 is 1.19 bits per heavy atom. The molecule has 0 aliphatic rings. The van der Waals surface area contributed by atoms with Gasteiger partial charge in [-0.1, -0.05) is 29.8 Å². The predicted octanol–water partition coefficient (Wildman–Crippen LogP) is 3.68. The number of carbonyl (C=O) groups excluding carboxylic acids is 1. The van der Waals surface area contributed by atoms with Gasteiger partial charge < -0.3 is 5.32 Å². The number of anilines is 1. The van der Waals surface area contributed by atoms with Crippen molar-refractivity contribution in [3.05, 3.63) is 64.2 Å². The van der Waals surface area contributed by atoms with E-state index >= 15 is 0 Å². The van der Waals surface area contributed by atoms with Crippen LogP contribution in [0.2, 0.25) is 5.02 Å². The average Bonchev–Trinajstić information content (AvgIpc) is 2.55. The van der Waals surface area contributed by atoms with Gasteiger partial charge in [-0.25, -0.2) is 8.42 Å². The minimum Gasteiger partial charge on any atom is -0.351 e. The van der Waals surface area contributed by atoms with Crippen molar-refractivity contribution in [3.63, 3.8) is 0 Å². The SMILES string of the molecule is Cc1c(NS(C)(=O)=O)cccc1C(=O)NCCSCc1cccc(Cl)c1. The summed E-state index contributed by atoms with van der Waals surface area (Å²) in [4.78, 5) is 12.3. The van der Waals surface area contributed by atoms with E-state index in [1.165, 1.54) is 0 Å². The zero-order chi connectivity index (χ0) is 19.2. The van der Waals surface area contributed by atoms with Crippen LogP contribution in [-0.4, -0.2) is 32.9 Å². The molecule has 0 aromatic heterocycles. The van der Waals surface area contributed by atoms with E-state index in [0.29, 0.717) is 23.4 Å². The second-order valence-corrected chi connectivity index (χ2v) is 9.08. The molecule has 8 heteroatoms. The van der Waals surface area contributed by atoms with Gasteiger partial charge in [0.05, 0.1) is 11.9 Å². The van der Waals surface area contributed by atoms with Crippen LogP contribution >= 0.6 is 23.4 Å². The number of hydrogen-bond acceptors (Lipinski definition) is 4. The molecule has 0 saturated carbocycles. The quantitative estimate of drug-likeness (QED) is 0.648. The number of nitrogens with one attached hydrogen (secondary N) is 2. The van der Waals surface area contributed by atoms with Crippen LogP contribution in [0.4, 0.5) is 5.69 Å². The molecule has 0 spiro atoms. The molecule has 0 aliphatic carbocycles. The number of hydrogen-bond donors (Lipinski definition) is 2. The van der Waals surface area contributed by atoms with Crippen LogP contribution in [0.5, 0.6) is 0 Å². The van der Waals surface area contributed by atoms with E-state index in [1.807, 2.05) is 24.3 Å². The molecule has 2 N–H and O–H groups in total. The molecule has 0 bridgehead atoms. The summed E-state index contributed by atoms with van der Waals surface area (Å²) in [7, 11) is -3.39. The summed E-state index contributed by atoms with van der Waals surface area (Å²) in [5.74, 6) is 1.37. The summed E-state index contributed by atoms with van der Waals surface area (Å²) in [5.41, 5.74) is 2.61. The van der Waals surface area contributed by atoms with Crippen molar-refractivity contribution >= 4 is 45.0 Å². The van der Waals surface area contributed by atoms with Crippen molar-refractivity contribution in [2.24, 2.45) is 0 Å². The molecule has 140 valence electrons. The number of halogens is 1. The molecule has 0 saturated heterocycles. The van der Waals surface area contributed by atoms with Crippen LogP contribution < -0.4 is 10.0 Å². The molecule has 0 aliphatic heterocycles. The topological polar surface area (TPSA) is 75.3 Å². The number of carbonyl (C=O) groups is 1. The number of amides is 1. The first kappa shape index (κ1) is 20.6. The Bertz CT molecular complexity index is 886. The summed E-state index contributed by atoms with van der Waals surface area (Å²) >= 11 is 7.66. The molecule has 0 radical (unpaired) electrons. The predicted molar refractivity (Wildman–Crippen MR) is 110 cm³/mol. The molecule has 26 heavy (non-hydrogen) atoms. The lowest BCUT2D eigenvalue weighted by atomic mass is 10.1. The van der Waals surface area contributed by atoms with Gasteiger partial charge in [-0.2, -0.15) is 11.8 Å². The van der Waals surface area contributed by atoms with E-state index in [1.54, 1.807) is 36.9 Å². The molecule has 0 fully saturated rings. The van der Waals surface area contributed by atoms with E-state index in [0.717, 1.165) is 28.3 Å². The van der Waals surface area contributed by atoms with E-state index in [-0.39, 0.29) is 5.91 Å². The van der Waals surface area contributed by atoms with Gasteiger partial charge in [0, 0.05) is 28.6 Å². The third-order valence-corrected chi connectivity index (χ3v) is 5.42. The lowest BCUT2D eigenvalue weighted by molar-refractivity contribution is 0.0955. The highest BCUT2D eigenvalue weighted by Crippen LogP contribution is 2.20. The highest BCUT2D eigenvalue weighted by Gasteiger charge is 2.13. The molecule has 1 amide bonds. The Morgan fingerprint density at radius 3 is 2.62 bits per heavy atom. The Hall–Kier alpha value is -1.70. The molecule has 5 nitrogen and oxygen atoms in total. The fourth-order valence-electron chi connectivity index (χ4n) is 2.34. The highest BCUT2D eigenvalue weighted by molar-refractivity contribution is 7.98. The lowest BCUT2D eigenvalue weighted by Gasteiger charge is -2.12. The van der Waals surface area contributed by atoms with E-state index < -0.39 is 10.0 Å². The number of sulfonamides is 1. The second kappa shape index (κ2) is 9.30. The maximum atomic E-state index is 12.3. The first-order chi connectivity index (χ1) is 12.3. The molecule has 0 atom stereocenters. The standard InChI is InChI=1S/C18H21ClN2O3S2/c1-13-16(7-4-8-17(13)21-26(2,23)24)18(22)20-9-10-25-12-14-5-3-6-15(19)11-14/h3-8,11,21H,9-10,12H2,1-2H3,(H,20,22). The van der Waals surface area contributed by atoms with Crippen LogP contribution in [0, 0.1) is 6.92 Å². The number of rotatable bonds is 8. The normalized spacial score (nSPS) is 11.2. The Morgan fingerprint density at radius 2 is 1.92 bits per heavy atom. The van der Waals surface area contributed by atoms with E-state index in [4.69, 9.17) is 11.6 Å². The molecular weight excluding hydrogens is 392 g/mol. The van der Waals surface area contributed by atoms with Crippen LogP contribution in [0.1, 0.15) is 21.5 Å². The minimum absolute atomic E-state index is 0.219. The van der Waals surface area contributed by atoms with Crippen LogP contribution in [0.3, 0.4) is 0 Å². The van der Waals surface area contributed by atoms with Gasteiger partial charge >= 0.3 is 0 Å². The third kappa shape index (κ3) is 6.55. The minimum atomic E-state index is -3.39. The zero-order valence-corrected chi connectivity index (χ0v) is 17.0. The smallest absolute Gasteiger partial charge is 0.251 e. The van der Waals surface area contributed by atoms with Crippen molar-refractivity contribution in [3.8, 4) is 0 Å². The monoisotopic (exact) mass is 412 g/mol. The third-order valence-electron chi connectivity index (χ3n) is 3.56. The van der Waals surface area contributed by atoms with Crippen molar-refractivity contribution in [1.82, 2.24) is 5.32 Å². The summed E-state index contributed by atoms with van der Waals surface area (Å²) in [5, 5.41) is 3.58.